The van der Waals surface area contributed by atoms with Crippen LogP contribution in [0.3, 0.4) is 0 Å². The number of ether oxygens (including phenoxy) is 1. The fourth-order valence-electron chi connectivity index (χ4n) is 1.11. The number of nitrogens with zero attached hydrogens (tertiary/aromatic N) is 1. The molecule has 0 bridgehead atoms. The van der Waals surface area contributed by atoms with Crippen LogP contribution < -0.4 is 0 Å². The smallest absolute Gasteiger partial charge is 0.377 e. The number of hydrogen-bond acceptors (Lipinski definition) is 4. The number of halogens is 1. The number of esters is 1. The van der Waals surface area contributed by atoms with Gasteiger partial charge in [0.1, 0.15) is 0 Å². The highest BCUT2D eigenvalue weighted by molar-refractivity contribution is 9.08. The molecule has 0 radical (unpaired) electrons. The molecule has 1 heterocycles. The Kier molecular flexibility index (Phi) is 4.13. The van der Waals surface area contributed by atoms with E-state index in [9.17, 15) is 4.79 Å². The van der Waals surface area contributed by atoms with Crippen LogP contribution in [0.15, 0.2) is 4.52 Å². The number of carbonyl (C=O) groups excluding carboxylic acids is 1. The van der Waals surface area contributed by atoms with E-state index < -0.39 is 5.97 Å². The van der Waals surface area contributed by atoms with Gasteiger partial charge in [-0.2, -0.15) is 0 Å². The Hall–Kier alpha value is -0.840. The standard InChI is InChI=1S/C9H12BrNO3/c1-3-7-6(5-10)8(14-11-7)9(12)13-4-2/h3-5H2,1-2H3. The van der Waals surface area contributed by atoms with Gasteiger partial charge in [-0.15, -0.1) is 0 Å². The summed E-state index contributed by atoms with van der Waals surface area (Å²) in [4.78, 5) is 11.4. The van der Waals surface area contributed by atoms with Gasteiger partial charge in [0.15, 0.2) is 0 Å². The number of aryl methyl sites for hydroxylation is 1. The van der Waals surface area contributed by atoms with Crippen LogP contribution in [-0.4, -0.2) is 17.7 Å². The first-order chi connectivity index (χ1) is 6.74. The van der Waals surface area contributed by atoms with E-state index in [4.69, 9.17) is 9.26 Å². The largest absolute Gasteiger partial charge is 0.460 e. The van der Waals surface area contributed by atoms with E-state index in [1.807, 2.05) is 6.92 Å². The predicted octanol–water partition coefficient (Wildman–Crippen LogP) is 2.31. The molecule has 0 fully saturated rings. The average molecular weight is 262 g/mol. The van der Waals surface area contributed by atoms with Crippen LogP contribution in [0.1, 0.15) is 35.7 Å². The van der Waals surface area contributed by atoms with Crippen LogP contribution in [0.4, 0.5) is 0 Å². The summed E-state index contributed by atoms with van der Waals surface area (Å²) in [7, 11) is 0. The molecular formula is C9H12BrNO3. The molecule has 0 amide bonds. The molecular weight excluding hydrogens is 250 g/mol. The highest BCUT2D eigenvalue weighted by Gasteiger charge is 2.21. The van der Waals surface area contributed by atoms with Gasteiger partial charge in [-0.25, -0.2) is 4.79 Å². The van der Waals surface area contributed by atoms with Crippen molar-refractivity contribution in [2.45, 2.75) is 25.6 Å². The van der Waals surface area contributed by atoms with E-state index in [0.717, 1.165) is 17.7 Å². The molecule has 14 heavy (non-hydrogen) atoms. The van der Waals surface area contributed by atoms with E-state index in [2.05, 4.69) is 21.1 Å². The van der Waals surface area contributed by atoms with Crippen molar-refractivity contribution in [2.75, 3.05) is 6.61 Å². The number of alkyl halides is 1. The monoisotopic (exact) mass is 261 g/mol. The zero-order chi connectivity index (χ0) is 10.6. The van der Waals surface area contributed by atoms with Crippen LogP contribution in [0.2, 0.25) is 0 Å². The Bertz CT molecular complexity index is 322. The van der Waals surface area contributed by atoms with Gasteiger partial charge in [0.25, 0.3) is 0 Å². The summed E-state index contributed by atoms with van der Waals surface area (Å²) in [5.41, 5.74) is 1.58. The molecule has 1 aromatic heterocycles. The maximum atomic E-state index is 11.4. The van der Waals surface area contributed by atoms with Gasteiger partial charge in [0.2, 0.25) is 5.76 Å². The molecule has 5 heteroatoms. The van der Waals surface area contributed by atoms with Crippen LogP contribution in [0.25, 0.3) is 0 Å². The first-order valence-corrected chi connectivity index (χ1v) is 5.57. The third-order valence-corrected chi connectivity index (χ3v) is 2.36. The summed E-state index contributed by atoms with van der Waals surface area (Å²) in [5, 5.41) is 4.35. The fraction of sp³-hybridized carbons (Fsp3) is 0.556. The van der Waals surface area contributed by atoms with Crippen molar-refractivity contribution in [2.24, 2.45) is 0 Å². The highest BCUT2D eigenvalue weighted by atomic mass is 79.9. The summed E-state index contributed by atoms with van der Waals surface area (Å²) in [6.45, 7) is 4.05. The van der Waals surface area contributed by atoms with Gasteiger partial charge in [-0.05, 0) is 13.3 Å². The molecule has 0 saturated carbocycles. The first kappa shape index (κ1) is 11.2. The molecule has 1 aromatic rings. The lowest BCUT2D eigenvalue weighted by molar-refractivity contribution is 0.0478. The molecule has 0 spiro atoms. The maximum absolute atomic E-state index is 11.4. The minimum atomic E-state index is -0.450. The number of rotatable bonds is 4. The molecule has 0 aliphatic carbocycles. The lowest BCUT2D eigenvalue weighted by Gasteiger charge is -1.98. The first-order valence-electron chi connectivity index (χ1n) is 4.45. The zero-order valence-electron chi connectivity index (χ0n) is 8.17. The topological polar surface area (TPSA) is 52.3 Å². The summed E-state index contributed by atoms with van der Waals surface area (Å²) >= 11 is 3.29. The van der Waals surface area contributed by atoms with Crippen molar-refractivity contribution < 1.29 is 14.1 Å². The highest BCUT2D eigenvalue weighted by Crippen LogP contribution is 2.18. The predicted molar refractivity (Wildman–Crippen MR) is 54.5 cm³/mol. The number of aromatic nitrogens is 1. The minimum Gasteiger partial charge on any atom is -0.460 e. The second-order valence-corrected chi connectivity index (χ2v) is 3.21. The van der Waals surface area contributed by atoms with Crippen molar-refractivity contribution >= 4 is 21.9 Å². The SMILES string of the molecule is CCOC(=O)c1onc(CC)c1CBr. The Balaban J connectivity index is 2.96. The zero-order valence-corrected chi connectivity index (χ0v) is 9.76. The van der Waals surface area contributed by atoms with Gasteiger partial charge in [0.05, 0.1) is 12.3 Å². The van der Waals surface area contributed by atoms with Gasteiger partial charge in [0, 0.05) is 10.9 Å². The van der Waals surface area contributed by atoms with Crippen molar-refractivity contribution in [3.8, 4) is 0 Å². The average Bonchev–Trinajstić information content (AvgIpc) is 2.60. The maximum Gasteiger partial charge on any atom is 0.377 e. The van der Waals surface area contributed by atoms with Crippen LogP contribution in [0.5, 0.6) is 0 Å². The summed E-state index contributed by atoms with van der Waals surface area (Å²) < 4.78 is 9.77. The third-order valence-electron chi connectivity index (χ3n) is 1.80. The Labute approximate surface area is 90.7 Å². The van der Waals surface area contributed by atoms with Crippen molar-refractivity contribution in [1.82, 2.24) is 5.16 Å². The number of carbonyl (C=O) groups is 1. The Morgan fingerprint density at radius 1 is 1.57 bits per heavy atom. The molecule has 0 saturated heterocycles. The normalized spacial score (nSPS) is 10.2. The van der Waals surface area contributed by atoms with E-state index in [1.165, 1.54) is 0 Å². The van der Waals surface area contributed by atoms with E-state index >= 15 is 0 Å². The van der Waals surface area contributed by atoms with Crippen molar-refractivity contribution in [1.29, 1.82) is 0 Å². The summed E-state index contributed by atoms with van der Waals surface area (Å²) in [5.74, 6) is -0.241. The molecule has 0 aromatic carbocycles. The molecule has 4 nitrogen and oxygen atoms in total. The van der Waals surface area contributed by atoms with E-state index in [-0.39, 0.29) is 5.76 Å². The fourth-order valence-corrected chi connectivity index (χ4v) is 1.69. The molecule has 0 atom stereocenters. The van der Waals surface area contributed by atoms with Gasteiger partial charge in [-0.1, -0.05) is 28.0 Å². The van der Waals surface area contributed by atoms with Gasteiger partial charge in [-0.3, -0.25) is 0 Å². The quantitative estimate of drug-likeness (QED) is 0.617. The second-order valence-electron chi connectivity index (χ2n) is 2.64. The molecule has 78 valence electrons. The molecule has 1 rings (SSSR count). The molecule has 0 unspecified atom stereocenters. The van der Waals surface area contributed by atoms with Gasteiger partial charge < -0.3 is 9.26 Å². The third kappa shape index (κ3) is 2.15. The Morgan fingerprint density at radius 2 is 2.29 bits per heavy atom. The van der Waals surface area contributed by atoms with E-state index in [1.54, 1.807) is 6.92 Å². The molecule has 0 N–H and O–H groups in total. The lowest BCUT2D eigenvalue weighted by Crippen LogP contribution is -2.05. The van der Waals surface area contributed by atoms with E-state index in [0.29, 0.717) is 11.9 Å². The van der Waals surface area contributed by atoms with Crippen LogP contribution in [0, 0.1) is 0 Å². The van der Waals surface area contributed by atoms with Crippen LogP contribution in [-0.2, 0) is 16.5 Å². The lowest BCUT2D eigenvalue weighted by atomic mass is 10.2. The van der Waals surface area contributed by atoms with Crippen LogP contribution >= 0.6 is 15.9 Å². The second kappa shape index (κ2) is 5.14. The number of hydrogen-bond donors (Lipinski definition) is 0. The van der Waals surface area contributed by atoms with Crippen molar-refractivity contribution in [3.63, 3.8) is 0 Å². The minimum absolute atomic E-state index is 0.209. The Morgan fingerprint density at radius 3 is 2.79 bits per heavy atom. The van der Waals surface area contributed by atoms with Gasteiger partial charge >= 0.3 is 5.97 Å². The molecule has 0 aliphatic heterocycles. The summed E-state index contributed by atoms with van der Waals surface area (Å²) in [6, 6.07) is 0. The molecule has 0 aliphatic rings. The summed E-state index contributed by atoms with van der Waals surface area (Å²) in [6.07, 6.45) is 0.740. The van der Waals surface area contributed by atoms with Crippen molar-refractivity contribution in [3.05, 3.63) is 17.0 Å².